The van der Waals surface area contributed by atoms with Crippen LogP contribution in [0.5, 0.6) is 0 Å². The second-order valence-corrected chi connectivity index (χ2v) is 10.5. The van der Waals surface area contributed by atoms with Crippen LogP contribution in [0.4, 0.5) is 11.8 Å². The maximum atomic E-state index is 6.63. The van der Waals surface area contributed by atoms with Gasteiger partial charge in [0.1, 0.15) is 11.6 Å². The van der Waals surface area contributed by atoms with Crippen LogP contribution < -0.4 is 10.6 Å². The zero-order valence-electron chi connectivity index (χ0n) is 22.0. The van der Waals surface area contributed by atoms with Gasteiger partial charge in [-0.2, -0.15) is 4.98 Å². The van der Waals surface area contributed by atoms with Crippen molar-refractivity contribution in [1.82, 2.24) is 24.9 Å². The SMILES string of the molecule is Cc1noc(C)c1-c1cc(Cc2cccc(Cl)c2)c2c(N)nc(N3CCN(CCN(C)C)CC3)nc2c1. The average molecular weight is 520 g/mol. The van der Waals surface area contributed by atoms with Gasteiger partial charge in [-0.25, -0.2) is 4.98 Å². The van der Waals surface area contributed by atoms with E-state index in [-0.39, 0.29) is 0 Å². The second kappa shape index (κ2) is 10.7. The monoisotopic (exact) mass is 519 g/mol. The van der Waals surface area contributed by atoms with Crippen LogP contribution in [0.3, 0.4) is 0 Å². The molecule has 8 nitrogen and oxygen atoms in total. The van der Waals surface area contributed by atoms with Gasteiger partial charge in [0, 0.05) is 55.2 Å². The van der Waals surface area contributed by atoms with Crippen LogP contribution in [0.15, 0.2) is 40.9 Å². The first kappa shape index (κ1) is 25.4. The van der Waals surface area contributed by atoms with Crippen LogP contribution in [-0.4, -0.2) is 78.3 Å². The van der Waals surface area contributed by atoms with Gasteiger partial charge in [-0.05, 0) is 75.3 Å². The van der Waals surface area contributed by atoms with E-state index in [0.29, 0.717) is 23.2 Å². The number of aryl methyl sites for hydroxylation is 2. The van der Waals surface area contributed by atoms with Crippen molar-refractivity contribution in [3.8, 4) is 11.1 Å². The molecule has 0 saturated carbocycles. The van der Waals surface area contributed by atoms with Crippen LogP contribution in [0.2, 0.25) is 5.02 Å². The number of rotatable bonds is 7. The smallest absolute Gasteiger partial charge is 0.227 e. The minimum atomic E-state index is 0.498. The fraction of sp³-hybridized carbons (Fsp3) is 0.393. The van der Waals surface area contributed by atoms with Crippen LogP contribution in [0, 0.1) is 13.8 Å². The summed E-state index contributed by atoms with van der Waals surface area (Å²) in [5, 5.41) is 5.76. The molecule has 1 aliphatic rings. The Hall–Kier alpha value is -3.20. The second-order valence-electron chi connectivity index (χ2n) is 10.1. The van der Waals surface area contributed by atoms with Crippen LogP contribution in [0.1, 0.15) is 22.6 Å². The summed E-state index contributed by atoms with van der Waals surface area (Å²) in [6.45, 7) is 9.72. The summed E-state index contributed by atoms with van der Waals surface area (Å²) in [4.78, 5) is 16.8. The highest BCUT2D eigenvalue weighted by molar-refractivity contribution is 6.30. The van der Waals surface area contributed by atoms with Crippen molar-refractivity contribution in [2.75, 3.05) is 64.0 Å². The van der Waals surface area contributed by atoms with Gasteiger partial charge in [-0.1, -0.05) is 28.9 Å². The molecule has 1 fully saturated rings. The number of hydrogen-bond donors (Lipinski definition) is 1. The molecule has 2 N–H and O–H groups in total. The van der Waals surface area contributed by atoms with E-state index in [9.17, 15) is 0 Å². The summed E-state index contributed by atoms with van der Waals surface area (Å²) in [7, 11) is 4.22. The van der Waals surface area contributed by atoms with E-state index in [1.54, 1.807) is 0 Å². The number of halogens is 1. The van der Waals surface area contributed by atoms with E-state index in [1.165, 1.54) is 0 Å². The molecule has 0 radical (unpaired) electrons. The molecule has 2 aromatic heterocycles. The number of fused-ring (bicyclic) bond motifs is 1. The number of likely N-dealkylation sites (N-methyl/N-ethyl adjacent to an activating group) is 1. The number of anilines is 2. The highest BCUT2D eigenvalue weighted by atomic mass is 35.5. The van der Waals surface area contributed by atoms with Gasteiger partial charge in [0.2, 0.25) is 5.95 Å². The normalized spacial score (nSPS) is 14.7. The molecule has 0 spiro atoms. The Morgan fingerprint density at radius 2 is 1.84 bits per heavy atom. The molecule has 0 aliphatic carbocycles. The Bertz CT molecular complexity index is 1390. The zero-order chi connectivity index (χ0) is 26.1. The maximum Gasteiger partial charge on any atom is 0.227 e. The van der Waals surface area contributed by atoms with Gasteiger partial charge in [0.25, 0.3) is 0 Å². The number of benzene rings is 2. The lowest BCUT2D eigenvalue weighted by atomic mass is 9.94. The maximum absolute atomic E-state index is 6.63. The highest BCUT2D eigenvalue weighted by Crippen LogP contribution is 2.35. The van der Waals surface area contributed by atoms with Crippen LogP contribution in [-0.2, 0) is 6.42 Å². The minimum Gasteiger partial charge on any atom is -0.383 e. The molecule has 2 aromatic carbocycles. The molecule has 0 amide bonds. The van der Waals surface area contributed by atoms with E-state index in [1.807, 2.05) is 32.0 Å². The largest absolute Gasteiger partial charge is 0.383 e. The summed E-state index contributed by atoms with van der Waals surface area (Å²) in [5.41, 5.74) is 12.5. The Kier molecular flexibility index (Phi) is 7.33. The molecule has 4 aromatic rings. The molecule has 0 unspecified atom stereocenters. The third kappa shape index (κ3) is 5.56. The molecule has 9 heteroatoms. The molecule has 37 heavy (non-hydrogen) atoms. The molecule has 0 bridgehead atoms. The Balaban J connectivity index is 1.53. The van der Waals surface area contributed by atoms with Crippen molar-refractivity contribution < 1.29 is 4.52 Å². The molecular weight excluding hydrogens is 486 g/mol. The molecule has 1 aliphatic heterocycles. The highest BCUT2D eigenvalue weighted by Gasteiger charge is 2.22. The predicted octanol–water partition coefficient (Wildman–Crippen LogP) is 4.41. The topological polar surface area (TPSA) is 87.5 Å². The number of piperazine rings is 1. The Labute approximate surface area is 223 Å². The van der Waals surface area contributed by atoms with E-state index < -0.39 is 0 Å². The third-order valence-electron chi connectivity index (χ3n) is 7.02. The van der Waals surface area contributed by atoms with Gasteiger partial charge in [0.05, 0.1) is 11.2 Å². The van der Waals surface area contributed by atoms with E-state index in [4.69, 9.17) is 31.8 Å². The first-order valence-electron chi connectivity index (χ1n) is 12.7. The Morgan fingerprint density at radius 3 is 2.51 bits per heavy atom. The van der Waals surface area contributed by atoms with Gasteiger partial charge < -0.3 is 20.1 Å². The van der Waals surface area contributed by atoms with E-state index >= 15 is 0 Å². The summed E-state index contributed by atoms with van der Waals surface area (Å²) in [5.74, 6) is 1.96. The average Bonchev–Trinajstić information content (AvgIpc) is 3.20. The molecular formula is C28H34ClN7O. The van der Waals surface area contributed by atoms with Crippen molar-refractivity contribution in [3.05, 3.63) is 64.0 Å². The molecule has 3 heterocycles. The first-order chi connectivity index (χ1) is 17.8. The van der Waals surface area contributed by atoms with Crippen molar-refractivity contribution in [2.45, 2.75) is 20.3 Å². The summed E-state index contributed by atoms with van der Waals surface area (Å²) in [6, 6.07) is 12.1. The van der Waals surface area contributed by atoms with Gasteiger partial charge in [-0.3, -0.25) is 4.90 Å². The minimum absolute atomic E-state index is 0.498. The lowest BCUT2D eigenvalue weighted by Gasteiger charge is -2.35. The molecule has 194 valence electrons. The van der Waals surface area contributed by atoms with Crippen molar-refractivity contribution in [1.29, 1.82) is 0 Å². The summed E-state index contributed by atoms with van der Waals surface area (Å²) < 4.78 is 5.48. The predicted molar refractivity (Wildman–Crippen MR) is 150 cm³/mol. The number of nitrogens with two attached hydrogens (primary N) is 1. The summed E-state index contributed by atoms with van der Waals surface area (Å²) in [6.07, 6.45) is 0.658. The van der Waals surface area contributed by atoms with Gasteiger partial charge in [-0.15, -0.1) is 0 Å². The molecule has 0 atom stereocenters. The van der Waals surface area contributed by atoms with Gasteiger partial charge >= 0.3 is 0 Å². The number of nitrogens with zero attached hydrogens (tertiary/aromatic N) is 6. The lowest BCUT2D eigenvalue weighted by Crippen LogP contribution is -2.48. The lowest BCUT2D eigenvalue weighted by molar-refractivity contribution is 0.229. The molecule has 1 saturated heterocycles. The van der Waals surface area contributed by atoms with Crippen molar-refractivity contribution in [2.24, 2.45) is 0 Å². The number of aromatic nitrogens is 3. The number of hydrogen-bond acceptors (Lipinski definition) is 8. The summed E-state index contributed by atoms with van der Waals surface area (Å²) >= 11 is 6.29. The number of nitrogen functional groups attached to an aromatic ring is 1. The van der Waals surface area contributed by atoms with Crippen molar-refractivity contribution >= 4 is 34.3 Å². The zero-order valence-corrected chi connectivity index (χ0v) is 22.7. The Morgan fingerprint density at radius 1 is 1.05 bits per heavy atom. The fourth-order valence-electron chi connectivity index (χ4n) is 5.07. The standard InChI is InChI=1S/C28H34ClN7O/c1-18-25(19(2)37-33-18)22-16-21(14-20-6-5-7-23(29)15-20)26-24(17-22)31-28(32-27(26)30)36-12-10-35(11-13-36)9-8-34(3)4/h5-7,15-17H,8-14H2,1-4H3,(H2,30,31,32). The van der Waals surface area contributed by atoms with Crippen molar-refractivity contribution in [3.63, 3.8) is 0 Å². The van der Waals surface area contributed by atoms with E-state index in [0.717, 1.165) is 83.9 Å². The van der Waals surface area contributed by atoms with Crippen LogP contribution >= 0.6 is 11.6 Å². The van der Waals surface area contributed by atoms with Crippen LogP contribution in [0.25, 0.3) is 22.0 Å². The quantitative estimate of drug-likeness (QED) is 0.384. The third-order valence-corrected chi connectivity index (χ3v) is 7.26. The van der Waals surface area contributed by atoms with Gasteiger partial charge in [0.15, 0.2) is 0 Å². The van der Waals surface area contributed by atoms with E-state index in [2.05, 4.69) is 52.2 Å². The fourth-order valence-corrected chi connectivity index (χ4v) is 5.28. The first-order valence-corrected chi connectivity index (χ1v) is 13.1. The molecule has 5 rings (SSSR count).